The van der Waals surface area contributed by atoms with Crippen LogP contribution in [-0.4, -0.2) is 30.5 Å². The highest BCUT2D eigenvalue weighted by Gasteiger charge is 2.24. The number of hydrogen-bond acceptors (Lipinski definition) is 2. The van der Waals surface area contributed by atoms with Crippen LogP contribution in [0, 0.1) is 0 Å². The minimum atomic E-state index is 0.00709. The van der Waals surface area contributed by atoms with Crippen LogP contribution in [0.5, 0.6) is 0 Å². The van der Waals surface area contributed by atoms with Gasteiger partial charge in [-0.25, -0.2) is 0 Å². The highest BCUT2D eigenvalue weighted by atomic mass is 79.9. The van der Waals surface area contributed by atoms with Crippen molar-refractivity contribution in [2.45, 2.75) is 25.9 Å². The standard InChI is InChI=1S/C14H18BrNO2/c1-2-3-14(17)16-8-9-18-13(10-16)11-4-6-12(15)7-5-11/h4-7,13H,2-3,8-10H2,1H3. The minimum absolute atomic E-state index is 0.00709. The van der Waals surface area contributed by atoms with Crippen molar-refractivity contribution in [2.24, 2.45) is 0 Å². The van der Waals surface area contributed by atoms with Crippen molar-refractivity contribution in [3.8, 4) is 0 Å². The van der Waals surface area contributed by atoms with Gasteiger partial charge in [-0.2, -0.15) is 0 Å². The first-order chi connectivity index (χ1) is 8.70. The molecule has 0 aliphatic carbocycles. The normalized spacial score (nSPS) is 19.9. The summed E-state index contributed by atoms with van der Waals surface area (Å²) in [5.41, 5.74) is 1.13. The fourth-order valence-electron chi connectivity index (χ4n) is 2.13. The molecular weight excluding hydrogens is 294 g/mol. The van der Waals surface area contributed by atoms with Gasteiger partial charge < -0.3 is 9.64 Å². The van der Waals surface area contributed by atoms with E-state index in [-0.39, 0.29) is 12.0 Å². The molecule has 0 aromatic heterocycles. The van der Waals surface area contributed by atoms with Gasteiger partial charge in [0.25, 0.3) is 0 Å². The Morgan fingerprint density at radius 1 is 1.44 bits per heavy atom. The van der Waals surface area contributed by atoms with Crippen LogP contribution < -0.4 is 0 Å². The van der Waals surface area contributed by atoms with Crippen LogP contribution >= 0.6 is 15.9 Å². The van der Waals surface area contributed by atoms with Gasteiger partial charge in [0.2, 0.25) is 5.91 Å². The van der Waals surface area contributed by atoms with E-state index in [1.165, 1.54) is 0 Å². The summed E-state index contributed by atoms with van der Waals surface area (Å²) in [4.78, 5) is 13.8. The molecule has 1 amide bonds. The molecule has 1 atom stereocenters. The van der Waals surface area contributed by atoms with Gasteiger partial charge in [0.1, 0.15) is 6.10 Å². The maximum atomic E-state index is 11.9. The summed E-state index contributed by atoms with van der Waals surface area (Å²) in [5, 5.41) is 0. The number of halogens is 1. The molecule has 3 nitrogen and oxygen atoms in total. The molecule has 4 heteroatoms. The number of amides is 1. The summed E-state index contributed by atoms with van der Waals surface area (Å²) in [6, 6.07) is 8.10. The third-order valence-corrected chi connectivity index (χ3v) is 3.65. The molecule has 1 aliphatic rings. The molecule has 1 aromatic rings. The van der Waals surface area contributed by atoms with Gasteiger partial charge in [-0.3, -0.25) is 4.79 Å². The molecule has 1 aliphatic heterocycles. The van der Waals surface area contributed by atoms with Crippen molar-refractivity contribution in [1.29, 1.82) is 0 Å². The Kier molecular flexibility index (Phi) is 4.78. The second-order valence-electron chi connectivity index (χ2n) is 4.50. The van der Waals surface area contributed by atoms with E-state index in [1.807, 2.05) is 36.1 Å². The number of benzene rings is 1. The Bertz CT molecular complexity index is 405. The van der Waals surface area contributed by atoms with Crippen LogP contribution in [0.15, 0.2) is 28.7 Å². The van der Waals surface area contributed by atoms with Crippen molar-refractivity contribution < 1.29 is 9.53 Å². The van der Waals surface area contributed by atoms with Crippen LogP contribution in [0.4, 0.5) is 0 Å². The number of morpholine rings is 1. The molecule has 1 fully saturated rings. The van der Waals surface area contributed by atoms with Gasteiger partial charge in [-0.05, 0) is 24.1 Å². The van der Waals surface area contributed by atoms with Gasteiger partial charge in [-0.15, -0.1) is 0 Å². The van der Waals surface area contributed by atoms with Crippen molar-refractivity contribution in [2.75, 3.05) is 19.7 Å². The lowest BCUT2D eigenvalue weighted by Gasteiger charge is -2.33. The predicted octanol–water partition coefficient (Wildman–Crippen LogP) is 3.15. The summed E-state index contributed by atoms with van der Waals surface area (Å²) >= 11 is 3.42. The summed E-state index contributed by atoms with van der Waals surface area (Å²) in [6.45, 7) is 4.03. The van der Waals surface area contributed by atoms with Crippen molar-refractivity contribution in [1.82, 2.24) is 4.90 Å². The Morgan fingerprint density at radius 2 is 2.17 bits per heavy atom. The van der Waals surface area contributed by atoms with Crippen LogP contribution in [0.25, 0.3) is 0 Å². The Labute approximate surface area is 116 Å². The highest BCUT2D eigenvalue weighted by Crippen LogP contribution is 2.24. The van der Waals surface area contributed by atoms with Crippen LogP contribution in [0.2, 0.25) is 0 Å². The van der Waals surface area contributed by atoms with Gasteiger partial charge in [-0.1, -0.05) is 35.0 Å². The number of carbonyl (C=O) groups is 1. The molecule has 0 radical (unpaired) electrons. The largest absolute Gasteiger partial charge is 0.370 e. The summed E-state index contributed by atoms with van der Waals surface area (Å²) in [5.74, 6) is 0.239. The van der Waals surface area contributed by atoms with Crippen LogP contribution in [0.1, 0.15) is 31.4 Å². The van der Waals surface area contributed by atoms with E-state index in [0.717, 1.165) is 16.5 Å². The fourth-order valence-corrected chi connectivity index (χ4v) is 2.39. The molecule has 0 bridgehead atoms. The van der Waals surface area contributed by atoms with E-state index in [9.17, 15) is 4.79 Å². The number of hydrogen-bond donors (Lipinski definition) is 0. The Balaban J connectivity index is 2.02. The predicted molar refractivity (Wildman–Crippen MR) is 74.3 cm³/mol. The van der Waals surface area contributed by atoms with Crippen molar-refractivity contribution >= 4 is 21.8 Å². The lowest BCUT2D eigenvalue weighted by molar-refractivity contribution is -0.139. The Hall–Kier alpha value is -0.870. The van der Waals surface area contributed by atoms with E-state index in [0.29, 0.717) is 26.1 Å². The first-order valence-electron chi connectivity index (χ1n) is 6.35. The average molecular weight is 312 g/mol. The Morgan fingerprint density at radius 3 is 2.83 bits per heavy atom. The molecule has 0 spiro atoms. The molecule has 1 heterocycles. The minimum Gasteiger partial charge on any atom is -0.370 e. The van der Waals surface area contributed by atoms with Crippen LogP contribution in [0.3, 0.4) is 0 Å². The molecule has 1 unspecified atom stereocenters. The zero-order valence-corrected chi connectivity index (χ0v) is 12.1. The number of nitrogens with zero attached hydrogens (tertiary/aromatic N) is 1. The molecule has 1 aromatic carbocycles. The van der Waals surface area contributed by atoms with Gasteiger partial charge in [0.05, 0.1) is 13.2 Å². The topological polar surface area (TPSA) is 29.5 Å². The van der Waals surface area contributed by atoms with E-state index in [1.54, 1.807) is 0 Å². The van der Waals surface area contributed by atoms with Gasteiger partial charge in [0.15, 0.2) is 0 Å². The van der Waals surface area contributed by atoms with E-state index in [2.05, 4.69) is 15.9 Å². The summed E-state index contributed by atoms with van der Waals surface area (Å²) in [7, 11) is 0. The maximum absolute atomic E-state index is 11.9. The molecule has 18 heavy (non-hydrogen) atoms. The molecule has 2 rings (SSSR count). The third-order valence-electron chi connectivity index (χ3n) is 3.12. The smallest absolute Gasteiger partial charge is 0.222 e. The number of rotatable bonds is 3. The average Bonchev–Trinajstić information content (AvgIpc) is 2.40. The van der Waals surface area contributed by atoms with Crippen molar-refractivity contribution in [3.05, 3.63) is 34.3 Å². The molecule has 1 saturated heterocycles. The van der Waals surface area contributed by atoms with E-state index < -0.39 is 0 Å². The quantitative estimate of drug-likeness (QED) is 0.858. The van der Waals surface area contributed by atoms with E-state index >= 15 is 0 Å². The monoisotopic (exact) mass is 311 g/mol. The molecule has 0 saturated carbocycles. The second-order valence-corrected chi connectivity index (χ2v) is 5.42. The van der Waals surface area contributed by atoms with Gasteiger partial charge >= 0.3 is 0 Å². The van der Waals surface area contributed by atoms with Crippen LogP contribution in [-0.2, 0) is 9.53 Å². The number of carbonyl (C=O) groups excluding carboxylic acids is 1. The lowest BCUT2D eigenvalue weighted by atomic mass is 10.1. The first-order valence-corrected chi connectivity index (χ1v) is 7.15. The fraction of sp³-hybridized carbons (Fsp3) is 0.500. The summed E-state index contributed by atoms with van der Waals surface area (Å²) < 4.78 is 6.81. The van der Waals surface area contributed by atoms with E-state index in [4.69, 9.17) is 4.74 Å². The van der Waals surface area contributed by atoms with Gasteiger partial charge in [0, 0.05) is 17.4 Å². The zero-order chi connectivity index (χ0) is 13.0. The molecule has 0 N–H and O–H groups in total. The lowest BCUT2D eigenvalue weighted by Crippen LogP contribution is -2.42. The molecule has 98 valence electrons. The third kappa shape index (κ3) is 3.33. The molecular formula is C14H18BrNO2. The summed E-state index contributed by atoms with van der Waals surface area (Å²) in [6.07, 6.45) is 1.54. The van der Waals surface area contributed by atoms with Crippen molar-refractivity contribution in [3.63, 3.8) is 0 Å². The number of ether oxygens (including phenoxy) is 1. The second kappa shape index (κ2) is 6.34. The maximum Gasteiger partial charge on any atom is 0.222 e. The first kappa shape index (κ1) is 13.6. The highest BCUT2D eigenvalue weighted by molar-refractivity contribution is 9.10. The SMILES string of the molecule is CCCC(=O)N1CCOC(c2ccc(Br)cc2)C1. The zero-order valence-electron chi connectivity index (χ0n) is 10.6.